The van der Waals surface area contributed by atoms with Gasteiger partial charge >= 0.3 is 14.8 Å². The molecule has 0 unspecified atom stereocenters. The average molecular weight is 437 g/mol. The molecule has 0 aromatic rings. The van der Waals surface area contributed by atoms with E-state index < -0.39 is 8.80 Å². The van der Waals surface area contributed by atoms with Gasteiger partial charge in [0, 0.05) is 39.1 Å². The van der Waals surface area contributed by atoms with E-state index in [9.17, 15) is 4.79 Å². The SMILES string of the molecule is C=CC(=O)OCCCCCCCCCC[Si](OCC)(OCC)OCC.CO[SiH3]. The lowest BCUT2D eigenvalue weighted by Crippen LogP contribution is -2.45. The molecule has 28 heavy (non-hydrogen) atoms. The molecule has 0 fully saturated rings. The minimum Gasteiger partial charge on any atom is -0.463 e. The molecule has 6 nitrogen and oxygen atoms in total. The highest BCUT2D eigenvalue weighted by atomic mass is 28.4. The lowest BCUT2D eigenvalue weighted by Gasteiger charge is -2.28. The molecule has 0 aromatic carbocycles. The topological polar surface area (TPSA) is 63.2 Å². The third-order valence-corrected chi connectivity index (χ3v) is 7.03. The van der Waals surface area contributed by atoms with Crippen molar-refractivity contribution < 1.29 is 27.2 Å². The van der Waals surface area contributed by atoms with Gasteiger partial charge in [0.05, 0.1) is 6.61 Å². The summed E-state index contributed by atoms with van der Waals surface area (Å²) in [6.07, 6.45) is 10.5. The average Bonchev–Trinajstić information content (AvgIpc) is 2.67. The maximum atomic E-state index is 10.9. The summed E-state index contributed by atoms with van der Waals surface area (Å²) < 4.78 is 27.0. The Hall–Kier alpha value is -0.516. The van der Waals surface area contributed by atoms with E-state index in [0.29, 0.717) is 26.4 Å². The predicted molar refractivity (Wildman–Crippen MR) is 120 cm³/mol. The number of unbranched alkanes of at least 4 members (excludes halogenated alkanes) is 7. The molecule has 0 saturated carbocycles. The number of carbonyl (C=O) groups is 1. The fraction of sp³-hybridized carbons (Fsp3) is 0.850. The first kappa shape index (κ1) is 29.7. The Kier molecular flexibility index (Phi) is 24.1. The molecule has 0 N–H and O–H groups in total. The number of hydrogen-bond acceptors (Lipinski definition) is 6. The Bertz CT molecular complexity index is 339. The Morgan fingerprint density at radius 3 is 1.64 bits per heavy atom. The fourth-order valence-electron chi connectivity index (χ4n) is 2.74. The van der Waals surface area contributed by atoms with Crippen molar-refractivity contribution in [3.8, 4) is 0 Å². The molecular formula is C20H44O6Si2. The number of carbonyl (C=O) groups excluding carboxylic acids is 1. The van der Waals surface area contributed by atoms with Crippen LogP contribution in [0.15, 0.2) is 12.7 Å². The van der Waals surface area contributed by atoms with Crippen LogP contribution < -0.4 is 0 Å². The van der Waals surface area contributed by atoms with E-state index in [1.54, 1.807) is 7.11 Å². The van der Waals surface area contributed by atoms with Crippen LogP contribution in [0.25, 0.3) is 0 Å². The highest BCUT2D eigenvalue weighted by Gasteiger charge is 2.39. The molecule has 0 aliphatic heterocycles. The van der Waals surface area contributed by atoms with Gasteiger partial charge in [-0.15, -0.1) is 0 Å². The number of hydrogen-bond donors (Lipinski definition) is 0. The molecule has 0 rings (SSSR count). The van der Waals surface area contributed by atoms with Crippen LogP contribution in [-0.4, -0.2) is 58.8 Å². The van der Waals surface area contributed by atoms with Crippen LogP contribution in [0.5, 0.6) is 0 Å². The summed E-state index contributed by atoms with van der Waals surface area (Å²) in [6, 6.07) is 0.914. The van der Waals surface area contributed by atoms with Gasteiger partial charge in [-0.1, -0.05) is 45.1 Å². The van der Waals surface area contributed by atoms with Gasteiger partial charge in [-0.3, -0.25) is 0 Å². The van der Waals surface area contributed by atoms with E-state index in [-0.39, 0.29) is 5.97 Å². The molecule has 0 radical (unpaired) electrons. The zero-order valence-corrected chi connectivity index (χ0v) is 21.9. The molecule has 0 saturated heterocycles. The first-order valence-electron chi connectivity index (χ1n) is 10.7. The largest absolute Gasteiger partial charge is 0.500 e. The van der Waals surface area contributed by atoms with Crippen LogP contribution in [0, 0.1) is 0 Å². The van der Waals surface area contributed by atoms with Crippen LogP contribution >= 0.6 is 0 Å². The first-order chi connectivity index (χ1) is 13.6. The lowest BCUT2D eigenvalue weighted by atomic mass is 10.1. The monoisotopic (exact) mass is 436 g/mol. The summed E-state index contributed by atoms with van der Waals surface area (Å²) in [5, 5.41) is 0. The van der Waals surface area contributed by atoms with Gasteiger partial charge in [0.1, 0.15) is 10.5 Å². The normalized spacial score (nSPS) is 11.0. The third kappa shape index (κ3) is 18.8. The summed E-state index contributed by atoms with van der Waals surface area (Å²) in [5.41, 5.74) is 0. The van der Waals surface area contributed by atoms with Gasteiger partial charge in [-0.25, -0.2) is 4.79 Å². The maximum Gasteiger partial charge on any atom is 0.500 e. The third-order valence-electron chi connectivity index (χ3n) is 3.88. The van der Waals surface area contributed by atoms with Crippen molar-refractivity contribution in [1.29, 1.82) is 0 Å². The Labute approximate surface area is 177 Å². The summed E-state index contributed by atoms with van der Waals surface area (Å²) in [6.45, 7) is 11.8. The Morgan fingerprint density at radius 1 is 0.857 bits per heavy atom. The fourth-order valence-corrected chi connectivity index (χ4v) is 5.42. The maximum absolute atomic E-state index is 10.9. The molecule has 0 aromatic heterocycles. The summed E-state index contributed by atoms with van der Waals surface area (Å²) in [5.74, 6) is -0.328. The molecule has 0 spiro atoms. The second-order valence-electron chi connectivity index (χ2n) is 6.34. The van der Waals surface area contributed by atoms with Crippen LogP contribution in [0.4, 0.5) is 0 Å². The molecule has 0 heterocycles. The van der Waals surface area contributed by atoms with Gasteiger partial charge in [0.25, 0.3) is 0 Å². The molecule has 0 atom stereocenters. The van der Waals surface area contributed by atoms with Crippen LogP contribution in [0.2, 0.25) is 6.04 Å². The number of ether oxygens (including phenoxy) is 1. The minimum absolute atomic E-state index is 0.328. The molecular weight excluding hydrogens is 392 g/mol. The van der Waals surface area contributed by atoms with E-state index in [0.717, 1.165) is 35.8 Å². The number of esters is 1. The summed E-state index contributed by atoms with van der Waals surface area (Å²) >= 11 is 0. The smallest absolute Gasteiger partial charge is 0.463 e. The quantitative estimate of drug-likeness (QED) is 0.141. The van der Waals surface area contributed by atoms with Crippen molar-refractivity contribution >= 4 is 25.3 Å². The number of rotatable bonds is 18. The van der Waals surface area contributed by atoms with Gasteiger partial charge in [0.15, 0.2) is 0 Å². The van der Waals surface area contributed by atoms with Crippen LogP contribution in [0.3, 0.4) is 0 Å². The second kappa shape index (κ2) is 22.8. The van der Waals surface area contributed by atoms with Gasteiger partial charge < -0.3 is 22.4 Å². The zero-order valence-electron chi connectivity index (χ0n) is 18.9. The van der Waals surface area contributed by atoms with E-state index in [4.69, 9.17) is 18.0 Å². The minimum atomic E-state index is -2.45. The summed E-state index contributed by atoms with van der Waals surface area (Å²) in [7, 11) is 0.109. The van der Waals surface area contributed by atoms with E-state index in [2.05, 4.69) is 11.0 Å². The second-order valence-corrected chi connectivity index (χ2v) is 9.89. The molecule has 168 valence electrons. The van der Waals surface area contributed by atoms with E-state index in [1.807, 2.05) is 20.8 Å². The zero-order chi connectivity index (χ0) is 21.5. The van der Waals surface area contributed by atoms with Gasteiger partial charge in [-0.2, -0.15) is 0 Å². The van der Waals surface area contributed by atoms with Crippen molar-refractivity contribution in [2.75, 3.05) is 33.5 Å². The van der Waals surface area contributed by atoms with Crippen molar-refractivity contribution in [3.05, 3.63) is 12.7 Å². The van der Waals surface area contributed by atoms with Crippen molar-refractivity contribution in [1.82, 2.24) is 0 Å². The lowest BCUT2D eigenvalue weighted by molar-refractivity contribution is -0.137. The first-order valence-corrected chi connectivity index (χ1v) is 13.4. The molecule has 0 bridgehead atoms. The van der Waals surface area contributed by atoms with E-state index in [1.165, 1.54) is 38.2 Å². The predicted octanol–water partition coefficient (Wildman–Crippen LogP) is 3.80. The molecule has 0 aliphatic rings. The Morgan fingerprint density at radius 2 is 1.25 bits per heavy atom. The van der Waals surface area contributed by atoms with Crippen molar-refractivity contribution in [3.63, 3.8) is 0 Å². The van der Waals surface area contributed by atoms with Gasteiger partial charge in [0.2, 0.25) is 0 Å². The highest BCUT2D eigenvalue weighted by molar-refractivity contribution is 6.60. The highest BCUT2D eigenvalue weighted by Crippen LogP contribution is 2.20. The van der Waals surface area contributed by atoms with E-state index >= 15 is 0 Å². The molecule has 0 aliphatic carbocycles. The van der Waals surface area contributed by atoms with Crippen molar-refractivity contribution in [2.45, 2.75) is 78.2 Å². The van der Waals surface area contributed by atoms with Gasteiger partial charge in [-0.05, 0) is 33.6 Å². The summed E-state index contributed by atoms with van der Waals surface area (Å²) in [4.78, 5) is 10.9. The molecule has 0 amide bonds. The molecule has 8 heteroatoms. The Balaban J connectivity index is 0. The van der Waals surface area contributed by atoms with Crippen molar-refractivity contribution in [2.24, 2.45) is 0 Å². The standard InChI is InChI=1S/C19H38O5Si.CH6OSi/c1-5-19(20)21-17-15-13-11-9-10-12-14-16-18-25(22-6-2,23-7-3)24-8-4;1-2-3/h5H,1,6-18H2,2-4H3;1,3H3. The van der Waals surface area contributed by atoms with Crippen LogP contribution in [0.1, 0.15) is 72.1 Å². The van der Waals surface area contributed by atoms with Crippen LogP contribution in [-0.2, 0) is 27.2 Å².